The number of hydrogen-bond donors (Lipinski definition) is 2. The lowest BCUT2D eigenvalue weighted by Crippen LogP contribution is -2.27. The van der Waals surface area contributed by atoms with E-state index in [1.165, 1.54) is 13.4 Å². The molecule has 6 nitrogen and oxygen atoms in total. The van der Waals surface area contributed by atoms with Crippen molar-refractivity contribution in [2.24, 2.45) is 5.73 Å². The summed E-state index contributed by atoms with van der Waals surface area (Å²) in [7, 11) is 1.33. The third-order valence-corrected chi connectivity index (χ3v) is 3.09. The molecule has 0 bridgehead atoms. The number of rotatable bonds is 5. The highest BCUT2D eigenvalue weighted by atomic mass is 16.5. The molecule has 2 aromatic rings. The largest absolute Gasteiger partial charge is 0.467 e. The fraction of sp³-hybridized carbons (Fsp3) is 0.286. The molecule has 2 rings (SSSR count). The minimum atomic E-state index is -0.670. The fourth-order valence-electron chi connectivity index (χ4n) is 2.07. The molecule has 20 heavy (non-hydrogen) atoms. The summed E-state index contributed by atoms with van der Waals surface area (Å²) in [5.41, 5.74) is 7.18. The lowest BCUT2D eigenvalue weighted by Gasteiger charge is -2.21. The molecule has 0 spiro atoms. The van der Waals surface area contributed by atoms with Crippen molar-refractivity contribution >= 4 is 5.97 Å². The molecule has 106 valence electrons. The molecular formula is C14H17N3O3. The average Bonchev–Trinajstić information content (AvgIpc) is 2.96. The van der Waals surface area contributed by atoms with Crippen molar-refractivity contribution in [1.29, 1.82) is 0 Å². The lowest BCUT2D eigenvalue weighted by atomic mass is 10.1. The van der Waals surface area contributed by atoms with Gasteiger partial charge in [-0.05, 0) is 5.56 Å². The Morgan fingerprint density at radius 2 is 2.15 bits per heavy atom. The molecule has 0 radical (unpaired) electrons. The number of nitrogens with zero attached hydrogens (tertiary/aromatic N) is 2. The Bertz CT molecular complexity index is 568. The van der Waals surface area contributed by atoms with E-state index in [4.69, 9.17) is 10.5 Å². The zero-order valence-electron chi connectivity index (χ0n) is 11.1. The van der Waals surface area contributed by atoms with Gasteiger partial charge in [0.05, 0.1) is 31.8 Å². The molecule has 0 fully saturated rings. The van der Waals surface area contributed by atoms with Crippen molar-refractivity contribution in [3.05, 3.63) is 54.1 Å². The molecule has 0 aliphatic rings. The molecule has 2 atom stereocenters. The molecule has 0 saturated carbocycles. The van der Waals surface area contributed by atoms with Gasteiger partial charge in [0.1, 0.15) is 0 Å². The Labute approximate surface area is 116 Å². The van der Waals surface area contributed by atoms with Crippen LogP contribution in [0.2, 0.25) is 0 Å². The maximum absolute atomic E-state index is 12.1. The molecular weight excluding hydrogens is 258 g/mol. The SMILES string of the molecule is COC(=O)C(c1ccccc1)n1cncc1C(N)CO. The summed E-state index contributed by atoms with van der Waals surface area (Å²) in [5.74, 6) is -0.416. The third kappa shape index (κ3) is 2.71. The smallest absolute Gasteiger partial charge is 0.333 e. The molecule has 1 aromatic carbocycles. The van der Waals surface area contributed by atoms with Crippen LogP contribution >= 0.6 is 0 Å². The van der Waals surface area contributed by atoms with Crippen LogP contribution in [-0.2, 0) is 9.53 Å². The monoisotopic (exact) mass is 275 g/mol. The van der Waals surface area contributed by atoms with E-state index in [1.54, 1.807) is 10.8 Å². The van der Waals surface area contributed by atoms with Crippen molar-refractivity contribution in [2.75, 3.05) is 13.7 Å². The second-order valence-corrected chi connectivity index (χ2v) is 4.35. The van der Waals surface area contributed by atoms with Gasteiger partial charge in [0.15, 0.2) is 6.04 Å². The van der Waals surface area contributed by atoms with Gasteiger partial charge in [-0.2, -0.15) is 0 Å². The highest BCUT2D eigenvalue weighted by molar-refractivity contribution is 5.78. The molecule has 3 N–H and O–H groups in total. The number of nitrogens with two attached hydrogens (primary N) is 1. The van der Waals surface area contributed by atoms with E-state index in [1.807, 2.05) is 30.3 Å². The average molecular weight is 275 g/mol. The van der Waals surface area contributed by atoms with Gasteiger partial charge >= 0.3 is 5.97 Å². The quantitative estimate of drug-likeness (QED) is 0.781. The Hall–Kier alpha value is -2.18. The molecule has 0 aliphatic heterocycles. The minimum Gasteiger partial charge on any atom is -0.467 e. The van der Waals surface area contributed by atoms with Crippen LogP contribution in [0.25, 0.3) is 0 Å². The molecule has 1 heterocycles. The van der Waals surface area contributed by atoms with Gasteiger partial charge in [0.25, 0.3) is 0 Å². The van der Waals surface area contributed by atoms with E-state index in [0.29, 0.717) is 5.69 Å². The summed E-state index contributed by atoms with van der Waals surface area (Å²) in [6, 6.07) is 7.93. The van der Waals surface area contributed by atoms with Crippen LogP contribution in [0.1, 0.15) is 23.3 Å². The number of aliphatic hydroxyl groups excluding tert-OH is 1. The Morgan fingerprint density at radius 3 is 2.75 bits per heavy atom. The first-order valence-corrected chi connectivity index (χ1v) is 6.20. The lowest BCUT2D eigenvalue weighted by molar-refractivity contribution is -0.143. The summed E-state index contributed by atoms with van der Waals surface area (Å²) < 4.78 is 6.50. The van der Waals surface area contributed by atoms with Crippen LogP contribution in [0, 0.1) is 0 Å². The van der Waals surface area contributed by atoms with Crippen LogP contribution in [0.4, 0.5) is 0 Å². The molecule has 0 saturated heterocycles. The van der Waals surface area contributed by atoms with Crippen molar-refractivity contribution in [3.63, 3.8) is 0 Å². The predicted octanol–water partition coefficient (Wildman–Crippen LogP) is 0.638. The third-order valence-electron chi connectivity index (χ3n) is 3.09. The number of aromatic nitrogens is 2. The number of imidazole rings is 1. The number of benzene rings is 1. The number of carbonyl (C=O) groups excluding carboxylic acids is 1. The summed E-state index contributed by atoms with van der Waals surface area (Å²) in [5, 5.41) is 9.20. The normalized spacial score (nSPS) is 13.8. The van der Waals surface area contributed by atoms with Crippen LogP contribution in [0.3, 0.4) is 0 Å². The molecule has 0 amide bonds. The van der Waals surface area contributed by atoms with Crippen LogP contribution in [0.5, 0.6) is 0 Å². The van der Waals surface area contributed by atoms with Crippen LogP contribution in [-0.4, -0.2) is 34.3 Å². The number of carbonyl (C=O) groups is 1. The van der Waals surface area contributed by atoms with Gasteiger partial charge in [-0.15, -0.1) is 0 Å². The number of ether oxygens (including phenoxy) is 1. The first-order chi connectivity index (χ1) is 9.69. The summed E-state index contributed by atoms with van der Waals surface area (Å²) in [6.45, 7) is -0.228. The molecule has 6 heteroatoms. The Morgan fingerprint density at radius 1 is 1.45 bits per heavy atom. The van der Waals surface area contributed by atoms with Gasteiger partial charge in [0.2, 0.25) is 0 Å². The number of aliphatic hydroxyl groups is 1. The van der Waals surface area contributed by atoms with Crippen LogP contribution in [0.15, 0.2) is 42.9 Å². The Kier molecular flexibility index (Phi) is 4.49. The number of esters is 1. The first kappa shape index (κ1) is 14.2. The van der Waals surface area contributed by atoms with Crippen molar-refractivity contribution in [3.8, 4) is 0 Å². The van der Waals surface area contributed by atoms with Gasteiger partial charge < -0.3 is 20.1 Å². The van der Waals surface area contributed by atoms with Crippen molar-refractivity contribution < 1.29 is 14.6 Å². The maximum atomic E-state index is 12.1. The molecule has 1 aromatic heterocycles. The van der Waals surface area contributed by atoms with E-state index in [9.17, 15) is 9.90 Å². The Balaban J connectivity index is 2.48. The second kappa shape index (κ2) is 6.31. The molecule has 2 unspecified atom stereocenters. The fourth-order valence-corrected chi connectivity index (χ4v) is 2.07. The summed E-state index contributed by atoms with van der Waals surface area (Å²) in [6.07, 6.45) is 3.05. The second-order valence-electron chi connectivity index (χ2n) is 4.35. The van der Waals surface area contributed by atoms with E-state index in [0.717, 1.165) is 5.56 Å². The zero-order chi connectivity index (χ0) is 14.5. The van der Waals surface area contributed by atoms with E-state index < -0.39 is 18.1 Å². The zero-order valence-corrected chi connectivity index (χ0v) is 11.1. The summed E-state index contributed by atoms with van der Waals surface area (Å²) in [4.78, 5) is 16.1. The first-order valence-electron chi connectivity index (χ1n) is 6.20. The van der Waals surface area contributed by atoms with E-state index in [-0.39, 0.29) is 6.61 Å². The van der Waals surface area contributed by atoms with Gasteiger partial charge in [-0.25, -0.2) is 9.78 Å². The topological polar surface area (TPSA) is 90.4 Å². The highest BCUT2D eigenvalue weighted by Crippen LogP contribution is 2.23. The van der Waals surface area contributed by atoms with Crippen molar-refractivity contribution in [2.45, 2.75) is 12.1 Å². The number of methoxy groups -OCH3 is 1. The minimum absolute atomic E-state index is 0.228. The predicted molar refractivity (Wildman–Crippen MR) is 72.8 cm³/mol. The standard InChI is InChI=1S/C14H17N3O3/c1-20-14(19)13(10-5-3-2-4-6-10)17-9-16-7-12(17)11(15)8-18/h2-7,9,11,13,18H,8,15H2,1H3. The van der Waals surface area contributed by atoms with E-state index >= 15 is 0 Å². The van der Waals surface area contributed by atoms with Gasteiger partial charge in [-0.3, -0.25) is 0 Å². The highest BCUT2D eigenvalue weighted by Gasteiger charge is 2.26. The maximum Gasteiger partial charge on any atom is 0.333 e. The van der Waals surface area contributed by atoms with Crippen LogP contribution < -0.4 is 5.73 Å². The molecule has 0 aliphatic carbocycles. The van der Waals surface area contributed by atoms with Crippen molar-refractivity contribution in [1.82, 2.24) is 9.55 Å². The van der Waals surface area contributed by atoms with E-state index in [2.05, 4.69) is 4.98 Å². The van der Waals surface area contributed by atoms with Gasteiger partial charge in [0, 0.05) is 6.20 Å². The summed E-state index contributed by atoms with van der Waals surface area (Å²) >= 11 is 0. The number of hydrogen-bond acceptors (Lipinski definition) is 5. The van der Waals surface area contributed by atoms with Gasteiger partial charge in [-0.1, -0.05) is 30.3 Å².